The van der Waals surface area contributed by atoms with E-state index < -0.39 is 5.97 Å². The highest BCUT2D eigenvalue weighted by Crippen LogP contribution is 2.20. The average molecular weight is 221 g/mol. The molecule has 16 heavy (non-hydrogen) atoms. The summed E-state index contributed by atoms with van der Waals surface area (Å²) in [6.07, 6.45) is 6.34. The quantitative estimate of drug-likeness (QED) is 0.786. The van der Waals surface area contributed by atoms with E-state index in [-0.39, 0.29) is 5.69 Å². The smallest absolute Gasteiger partial charge is 0.356 e. The predicted molar refractivity (Wildman–Crippen MR) is 59.3 cm³/mol. The van der Waals surface area contributed by atoms with Gasteiger partial charge < -0.3 is 10.1 Å². The van der Waals surface area contributed by atoms with Crippen LogP contribution in [0.4, 0.5) is 5.95 Å². The standard InChI is InChI=1S/C11H15N3O2/c1-16-10(15)9-6-7-12-11(14-9)13-8-4-2-3-5-8/h6-8H,2-5H2,1H3,(H,12,13,14). The van der Waals surface area contributed by atoms with Gasteiger partial charge >= 0.3 is 5.97 Å². The third-order valence-electron chi connectivity index (χ3n) is 2.74. The first-order valence-corrected chi connectivity index (χ1v) is 5.47. The van der Waals surface area contributed by atoms with Gasteiger partial charge in [0.2, 0.25) is 5.95 Å². The lowest BCUT2D eigenvalue weighted by Crippen LogP contribution is -2.17. The van der Waals surface area contributed by atoms with Crippen LogP contribution >= 0.6 is 0 Å². The van der Waals surface area contributed by atoms with Crippen molar-refractivity contribution in [3.05, 3.63) is 18.0 Å². The maximum absolute atomic E-state index is 11.3. The fourth-order valence-electron chi connectivity index (χ4n) is 1.90. The van der Waals surface area contributed by atoms with Crippen molar-refractivity contribution < 1.29 is 9.53 Å². The molecule has 5 heteroatoms. The Morgan fingerprint density at radius 1 is 1.50 bits per heavy atom. The van der Waals surface area contributed by atoms with Crippen LogP contribution in [-0.2, 0) is 4.74 Å². The number of esters is 1. The van der Waals surface area contributed by atoms with E-state index in [0.717, 1.165) is 12.8 Å². The summed E-state index contributed by atoms with van der Waals surface area (Å²) in [5, 5.41) is 3.23. The molecule has 0 saturated heterocycles. The molecule has 0 unspecified atom stereocenters. The lowest BCUT2D eigenvalue weighted by Gasteiger charge is -2.11. The Morgan fingerprint density at radius 2 is 2.25 bits per heavy atom. The molecule has 1 fully saturated rings. The summed E-state index contributed by atoms with van der Waals surface area (Å²) in [7, 11) is 1.34. The third kappa shape index (κ3) is 2.48. The molecule has 1 saturated carbocycles. The van der Waals surface area contributed by atoms with E-state index in [1.807, 2.05) is 0 Å². The molecule has 1 aliphatic rings. The van der Waals surface area contributed by atoms with Crippen LogP contribution in [0.1, 0.15) is 36.2 Å². The molecule has 0 bridgehead atoms. The second-order valence-electron chi connectivity index (χ2n) is 3.88. The first kappa shape index (κ1) is 10.9. The number of carbonyl (C=O) groups excluding carboxylic acids is 1. The molecule has 86 valence electrons. The van der Waals surface area contributed by atoms with Crippen molar-refractivity contribution in [2.45, 2.75) is 31.7 Å². The Kier molecular flexibility index (Phi) is 3.34. The number of nitrogens with zero attached hydrogens (tertiary/aromatic N) is 2. The molecule has 1 aromatic rings. The van der Waals surface area contributed by atoms with Crippen LogP contribution in [0, 0.1) is 0 Å². The second kappa shape index (κ2) is 4.92. The highest BCUT2D eigenvalue weighted by atomic mass is 16.5. The van der Waals surface area contributed by atoms with Gasteiger partial charge in [0.1, 0.15) is 0 Å². The minimum Gasteiger partial charge on any atom is -0.464 e. The molecule has 0 aromatic carbocycles. The molecule has 1 heterocycles. The first-order valence-electron chi connectivity index (χ1n) is 5.47. The van der Waals surface area contributed by atoms with Gasteiger partial charge in [-0.3, -0.25) is 0 Å². The molecular weight excluding hydrogens is 206 g/mol. The number of nitrogens with one attached hydrogen (secondary N) is 1. The zero-order valence-corrected chi connectivity index (χ0v) is 9.27. The van der Waals surface area contributed by atoms with Crippen LogP contribution in [0.15, 0.2) is 12.3 Å². The number of hydrogen-bond donors (Lipinski definition) is 1. The van der Waals surface area contributed by atoms with Gasteiger partial charge in [-0.25, -0.2) is 14.8 Å². The summed E-state index contributed by atoms with van der Waals surface area (Å²) in [5.41, 5.74) is 0.290. The first-order chi connectivity index (χ1) is 7.79. The van der Waals surface area contributed by atoms with E-state index in [9.17, 15) is 4.79 Å². The lowest BCUT2D eigenvalue weighted by molar-refractivity contribution is 0.0594. The Hall–Kier alpha value is -1.65. The van der Waals surface area contributed by atoms with Gasteiger partial charge in [0.25, 0.3) is 0 Å². The maximum Gasteiger partial charge on any atom is 0.356 e. The monoisotopic (exact) mass is 221 g/mol. The van der Waals surface area contributed by atoms with Crippen LogP contribution in [0.3, 0.4) is 0 Å². The van der Waals surface area contributed by atoms with Crippen molar-refractivity contribution in [3.8, 4) is 0 Å². The van der Waals surface area contributed by atoms with Crippen molar-refractivity contribution in [2.75, 3.05) is 12.4 Å². The van der Waals surface area contributed by atoms with Crippen molar-refractivity contribution in [1.29, 1.82) is 0 Å². The molecule has 0 amide bonds. The van der Waals surface area contributed by atoms with E-state index in [4.69, 9.17) is 0 Å². The molecule has 0 spiro atoms. The van der Waals surface area contributed by atoms with Crippen LogP contribution in [-0.4, -0.2) is 29.1 Å². The molecule has 2 rings (SSSR count). The predicted octanol–water partition coefficient (Wildman–Crippen LogP) is 1.62. The normalized spacial score (nSPS) is 16.1. The molecule has 0 atom stereocenters. The molecule has 0 aliphatic heterocycles. The van der Waals surface area contributed by atoms with Crippen LogP contribution in [0.2, 0.25) is 0 Å². The topological polar surface area (TPSA) is 64.1 Å². The van der Waals surface area contributed by atoms with E-state index in [0.29, 0.717) is 12.0 Å². The summed E-state index contributed by atoms with van der Waals surface area (Å²) >= 11 is 0. The fourth-order valence-corrected chi connectivity index (χ4v) is 1.90. The zero-order valence-electron chi connectivity index (χ0n) is 9.27. The van der Waals surface area contributed by atoms with Crippen molar-refractivity contribution >= 4 is 11.9 Å². The Bertz CT molecular complexity index is 375. The van der Waals surface area contributed by atoms with E-state index in [2.05, 4.69) is 20.0 Å². The number of aromatic nitrogens is 2. The van der Waals surface area contributed by atoms with E-state index in [1.54, 1.807) is 12.3 Å². The maximum atomic E-state index is 11.3. The SMILES string of the molecule is COC(=O)c1ccnc(NC2CCCC2)n1. The average Bonchev–Trinajstić information content (AvgIpc) is 2.81. The van der Waals surface area contributed by atoms with Gasteiger partial charge in [0.05, 0.1) is 7.11 Å². The van der Waals surface area contributed by atoms with Gasteiger partial charge in [-0.15, -0.1) is 0 Å². The summed E-state index contributed by atoms with van der Waals surface area (Å²) < 4.78 is 4.60. The summed E-state index contributed by atoms with van der Waals surface area (Å²) in [6, 6.07) is 1.99. The largest absolute Gasteiger partial charge is 0.464 e. The molecule has 5 nitrogen and oxygen atoms in total. The molecule has 1 N–H and O–H groups in total. The minimum absolute atomic E-state index is 0.290. The van der Waals surface area contributed by atoms with Gasteiger partial charge in [0, 0.05) is 12.2 Å². The van der Waals surface area contributed by atoms with Crippen molar-refractivity contribution in [3.63, 3.8) is 0 Å². The van der Waals surface area contributed by atoms with Crippen molar-refractivity contribution in [2.24, 2.45) is 0 Å². The van der Waals surface area contributed by atoms with Crippen molar-refractivity contribution in [1.82, 2.24) is 9.97 Å². The molecule has 1 aliphatic carbocycles. The van der Waals surface area contributed by atoms with E-state index in [1.165, 1.54) is 20.0 Å². The van der Waals surface area contributed by atoms with E-state index >= 15 is 0 Å². The van der Waals surface area contributed by atoms with Gasteiger partial charge in [-0.05, 0) is 18.9 Å². The third-order valence-corrected chi connectivity index (χ3v) is 2.74. The Balaban J connectivity index is 2.06. The number of hydrogen-bond acceptors (Lipinski definition) is 5. The lowest BCUT2D eigenvalue weighted by atomic mass is 10.2. The summed E-state index contributed by atoms with van der Waals surface area (Å²) in [6.45, 7) is 0. The van der Waals surface area contributed by atoms with Gasteiger partial charge in [-0.1, -0.05) is 12.8 Å². The zero-order chi connectivity index (χ0) is 11.4. The number of ether oxygens (including phenoxy) is 1. The molecule has 1 aromatic heterocycles. The molecular formula is C11H15N3O2. The van der Waals surface area contributed by atoms with Gasteiger partial charge in [-0.2, -0.15) is 0 Å². The summed E-state index contributed by atoms with van der Waals surface area (Å²) in [4.78, 5) is 19.5. The Morgan fingerprint density at radius 3 is 2.94 bits per heavy atom. The molecule has 0 radical (unpaired) electrons. The second-order valence-corrected chi connectivity index (χ2v) is 3.88. The number of carbonyl (C=O) groups is 1. The fraction of sp³-hybridized carbons (Fsp3) is 0.545. The van der Waals surface area contributed by atoms with Gasteiger partial charge in [0.15, 0.2) is 5.69 Å². The summed E-state index contributed by atoms with van der Waals surface area (Å²) in [5.74, 6) is 0.0756. The number of rotatable bonds is 3. The Labute approximate surface area is 94.2 Å². The number of methoxy groups -OCH3 is 1. The van der Waals surface area contributed by atoms with Crippen LogP contribution in [0.25, 0.3) is 0 Å². The number of anilines is 1. The highest BCUT2D eigenvalue weighted by molar-refractivity contribution is 5.87. The minimum atomic E-state index is -0.433. The highest BCUT2D eigenvalue weighted by Gasteiger charge is 2.16. The van der Waals surface area contributed by atoms with Crippen LogP contribution in [0.5, 0.6) is 0 Å². The van der Waals surface area contributed by atoms with Crippen LogP contribution < -0.4 is 5.32 Å².